The Morgan fingerprint density at radius 1 is 0.757 bits per heavy atom. The maximum absolute atomic E-state index is 13.0. The summed E-state index contributed by atoms with van der Waals surface area (Å²) >= 11 is 0. The van der Waals surface area contributed by atoms with Gasteiger partial charge in [0.1, 0.15) is 6.04 Å². The van der Waals surface area contributed by atoms with Gasteiger partial charge in [-0.25, -0.2) is 4.79 Å². The van der Waals surface area contributed by atoms with Gasteiger partial charge in [-0.2, -0.15) is 0 Å². The number of benzene rings is 3. The van der Waals surface area contributed by atoms with Crippen LogP contribution in [0.3, 0.4) is 0 Å². The molecule has 6 nitrogen and oxygen atoms in total. The quantitative estimate of drug-likeness (QED) is 0.305. The third-order valence-corrected chi connectivity index (χ3v) is 6.12. The summed E-state index contributed by atoms with van der Waals surface area (Å²) < 4.78 is 0. The first kappa shape index (κ1) is 27.4. The van der Waals surface area contributed by atoms with Crippen molar-refractivity contribution in [3.8, 4) is 0 Å². The van der Waals surface area contributed by atoms with Crippen LogP contribution >= 0.6 is 0 Å². The van der Waals surface area contributed by atoms with E-state index in [0.29, 0.717) is 12.8 Å². The van der Waals surface area contributed by atoms with Gasteiger partial charge in [0.2, 0.25) is 11.8 Å². The van der Waals surface area contributed by atoms with E-state index in [9.17, 15) is 19.5 Å². The van der Waals surface area contributed by atoms with E-state index in [1.165, 1.54) is 6.08 Å². The molecule has 0 aliphatic heterocycles. The van der Waals surface area contributed by atoms with Gasteiger partial charge in [0, 0.05) is 24.5 Å². The summed E-state index contributed by atoms with van der Waals surface area (Å²) in [5, 5.41) is 15.2. The van der Waals surface area contributed by atoms with Gasteiger partial charge in [-0.1, -0.05) is 104 Å². The Bertz CT molecular complexity index is 1160. The summed E-state index contributed by atoms with van der Waals surface area (Å²) in [5.74, 6) is -1.96. The topological polar surface area (TPSA) is 95.5 Å². The van der Waals surface area contributed by atoms with Crippen LogP contribution in [0.1, 0.15) is 30.0 Å². The van der Waals surface area contributed by atoms with E-state index >= 15 is 0 Å². The molecule has 0 bridgehead atoms. The van der Waals surface area contributed by atoms with Crippen molar-refractivity contribution in [1.29, 1.82) is 0 Å². The van der Waals surface area contributed by atoms with E-state index in [-0.39, 0.29) is 24.3 Å². The highest BCUT2D eigenvalue weighted by Crippen LogP contribution is 2.11. The number of carboxylic acid groups (broad SMARTS) is 1. The van der Waals surface area contributed by atoms with E-state index in [2.05, 4.69) is 10.6 Å². The minimum atomic E-state index is -1.10. The molecule has 3 unspecified atom stereocenters. The fourth-order valence-corrected chi connectivity index (χ4v) is 4.04. The molecule has 6 heteroatoms. The molecule has 3 atom stereocenters. The van der Waals surface area contributed by atoms with Crippen molar-refractivity contribution in [1.82, 2.24) is 10.6 Å². The second-order valence-electron chi connectivity index (χ2n) is 9.18. The number of aliphatic carboxylic acids is 1. The molecule has 0 aliphatic carbocycles. The van der Waals surface area contributed by atoms with Crippen LogP contribution in [0, 0.1) is 5.92 Å². The molecular weight excluding hydrogens is 464 g/mol. The van der Waals surface area contributed by atoms with Gasteiger partial charge >= 0.3 is 5.97 Å². The van der Waals surface area contributed by atoms with Crippen molar-refractivity contribution in [2.24, 2.45) is 5.92 Å². The minimum Gasteiger partial charge on any atom is -0.480 e. The molecule has 0 spiro atoms. The number of nitrogens with one attached hydrogen (secondary N) is 2. The lowest BCUT2D eigenvalue weighted by Crippen LogP contribution is -2.42. The Morgan fingerprint density at radius 3 is 1.81 bits per heavy atom. The molecule has 0 heterocycles. The molecule has 3 aromatic rings. The smallest absolute Gasteiger partial charge is 0.326 e. The van der Waals surface area contributed by atoms with Gasteiger partial charge in [0.05, 0.1) is 0 Å². The highest BCUT2D eigenvalue weighted by Gasteiger charge is 2.20. The number of carboxylic acids is 1. The summed E-state index contributed by atoms with van der Waals surface area (Å²) in [7, 11) is 0. The first-order chi connectivity index (χ1) is 17.9. The predicted octanol–water partition coefficient (Wildman–Crippen LogP) is 4.35. The Labute approximate surface area is 218 Å². The second-order valence-corrected chi connectivity index (χ2v) is 9.18. The zero-order chi connectivity index (χ0) is 26.5. The molecule has 0 radical (unpaired) electrons. The van der Waals surface area contributed by atoms with Crippen molar-refractivity contribution in [2.45, 2.75) is 44.7 Å². The number of carbonyl (C=O) groups excluding carboxylic acids is 2. The summed E-state index contributed by atoms with van der Waals surface area (Å²) in [6.07, 6.45) is 5.08. The molecule has 2 amide bonds. The van der Waals surface area contributed by atoms with Crippen molar-refractivity contribution in [3.63, 3.8) is 0 Å². The van der Waals surface area contributed by atoms with Crippen LogP contribution in [0.4, 0.5) is 0 Å². The lowest BCUT2D eigenvalue weighted by atomic mass is 9.99. The van der Waals surface area contributed by atoms with Crippen LogP contribution < -0.4 is 10.6 Å². The number of rotatable bonds is 13. The Morgan fingerprint density at radius 2 is 1.27 bits per heavy atom. The van der Waals surface area contributed by atoms with Crippen LogP contribution in [0.15, 0.2) is 103 Å². The van der Waals surface area contributed by atoms with Crippen molar-refractivity contribution in [3.05, 3.63) is 120 Å². The monoisotopic (exact) mass is 498 g/mol. The summed E-state index contributed by atoms with van der Waals surface area (Å²) in [4.78, 5) is 37.3. The summed E-state index contributed by atoms with van der Waals surface area (Å²) in [6.45, 7) is 1.88. The molecule has 3 aromatic carbocycles. The molecule has 0 aliphatic rings. The third kappa shape index (κ3) is 9.76. The van der Waals surface area contributed by atoms with Crippen LogP contribution in [0.2, 0.25) is 0 Å². The highest BCUT2D eigenvalue weighted by molar-refractivity contribution is 5.91. The Balaban J connectivity index is 1.64. The molecule has 3 rings (SSSR count). The molecule has 0 aromatic heterocycles. The first-order valence-electron chi connectivity index (χ1n) is 12.5. The molecular formula is C31H34N2O4. The molecule has 0 saturated heterocycles. The lowest BCUT2D eigenvalue weighted by Gasteiger charge is -2.19. The number of aryl methyl sites for hydroxylation is 1. The van der Waals surface area contributed by atoms with Gasteiger partial charge in [-0.15, -0.1) is 0 Å². The average Bonchev–Trinajstić information content (AvgIpc) is 2.91. The number of hydrogen-bond acceptors (Lipinski definition) is 3. The second kappa shape index (κ2) is 14.4. The number of carbonyl (C=O) groups is 3. The highest BCUT2D eigenvalue weighted by atomic mass is 16.4. The van der Waals surface area contributed by atoms with Crippen molar-refractivity contribution < 1.29 is 19.5 Å². The molecule has 37 heavy (non-hydrogen) atoms. The zero-order valence-corrected chi connectivity index (χ0v) is 21.0. The van der Waals surface area contributed by atoms with Crippen LogP contribution in [0.5, 0.6) is 0 Å². The first-order valence-corrected chi connectivity index (χ1v) is 12.5. The van der Waals surface area contributed by atoms with Gasteiger partial charge < -0.3 is 15.7 Å². The standard InChI is InChI=1S/C31H34N2O4/c1-23(21-25-13-7-3-8-14-25)30(35)32-27(18-17-24-11-5-2-6-12-24)19-20-29(34)33-28(31(36)37)22-26-15-9-4-10-16-26/h2-16,19-20,23,27-28H,17-18,21-22H2,1H3,(H,32,35)(H,33,34)(H,36,37)/b20-19+. The summed E-state index contributed by atoms with van der Waals surface area (Å²) in [6, 6.07) is 27.5. The fourth-order valence-electron chi connectivity index (χ4n) is 4.04. The largest absolute Gasteiger partial charge is 0.480 e. The van der Waals surface area contributed by atoms with E-state index in [1.54, 1.807) is 6.08 Å². The molecule has 192 valence electrons. The average molecular weight is 499 g/mol. The predicted molar refractivity (Wildman–Crippen MR) is 145 cm³/mol. The van der Waals surface area contributed by atoms with E-state index in [4.69, 9.17) is 0 Å². The Hall–Kier alpha value is -4.19. The van der Waals surface area contributed by atoms with E-state index in [0.717, 1.165) is 23.1 Å². The van der Waals surface area contributed by atoms with Crippen LogP contribution in [-0.2, 0) is 33.6 Å². The van der Waals surface area contributed by atoms with Crippen molar-refractivity contribution >= 4 is 17.8 Å². The van der Waals surface area contributed by atoms with E-state index in [1.807, 2.05) is 97.9 Å². The third-order valence-electron chi connectivity index (χ3n) is 6.12. The maximum Gasteiger partial charge on any atom is 0.326 e. The van der Waals surface area contributed by atoms with Crippen LogP contribution in [0.25, 0.3) is 0 Å². The SMILES string of the molecule is CC(Cc1ccccc1)C(=O)NC(/C=C/C(=O)NC(Cc1ccccc1)C(=O)O)CCc1ccccc1. The van der Waals surface area contributed by atoms with Gasteiger partial charge in [-0.3, -0.25) is 9.59 Å². The van der Waals surface area contributed by atoms with Gasteiger partial charge in [-0.05, 0) is 36.0 Å². The minimum absolute atomic E-state index is 0.0977. The zero-order valence-electron chi connectivity index (χ0n) is 21.0. The van der Waals surface area contributed by atoms with Gasteiger partial charge in [0.25, 0.3) is 0 Å². The Kier molecular flexibility index (Phi) is 10.7. The number of amides is 2. The fraction of sp³-hybridized carbons (Fsp3) is 0.258. The molecule has 0 saturated carbocycles. The summed E-state index contributed by atoms with van der Waals surface area (Å²) in [5.41, 5.74) is 3.03. The van der Waals surface area contributed by atoms with Crippen molar-refractivity contribution in [2.75, 3.05) is 0 Å². The molecule has 3 N–H and O–H groups in total. The number of hydrogen-bond donors (Lipinski definition) is 3. The van der Waals surface area contributed by atoms with Crippen LogP contribution in [-0.4, -0.2) is 35.0 Å². The maximum atomic E-state index is 13.0. The normalized spacial score (nSPS) is 13.4. The lowest BCUT2D eigenvalue weighted by molar-refractivity contribution is -0.141. The van der Waals surface area contributed by atoms with Gasteiger partial charge in [0.15, 0.2) is 0 Å². The molecule has 0 fully saturated rings. The van der Waals surface area contributed by atoms with E-state index < -0.39 is 17.9 Å².